The predicted octanol–water partition coefficient (Wildman–Crippen LogP) is 4.27. The summed E-state index contributed by atoms with van der Waals surface area (Å²) in [6, 6.07) is 0. The summed E-state index contributed by atoms with van der Waals surface area (Å²) in [7, 11) is 0. The Balaban J connectivity index is 4.18. The Morgan fingerprint density at radius 3 is 1.83 bits per heavy atom. The molecular formula is C12H24. The van der Waals surface area contributed by atoms with Gasteiger partial charge in [0.05, 0.1) is 0 Å². The zero-order chi connectivity index (χ0) is 9.78. The largest absolute Gasteiger partial charge is 0.0857 e. The van der Waals surface area contributed by atoms with Gasteiger partial charge in [-0.3, -0.25) is 0 Å². The predicted molar refractivity (Wildman–Crippen MR) is 57.2 cm³/mol. The molecular weight excluding hydrogens is 144 g/mol. The lowest BCUT2D eigenvalue weighted by Crippen LogP contribution is -2.17. The van der Waals surface area contributed by atoms with E-state index in [9.17, 15) is 0 Å². The van der Waals surface area contributed by atoms with Crippen molar-refractivity contribution in [3.63, 3.8) is 0 Å². The van der Waals surface area contributed by atoms with E-state index >= 15 is 0 Å². The molecule has 0 aliphatic rings. The molecule has 1 unspecified atom stereocenters. The Morgan fingerprint density at radius 1 is 1.08 bits per heavy atom. The minimum Gasteiger partial charge on any atom is -0.0857 e. The van der Waals surface area contributed by atoms with E-state index in [0.29, 0.717) is 11.3 Å². The van der Waals surface area contributed by atoms with Crippen LogP contribution < -0.4 is 0 Å². The van der Waals surface area contributed by atoms with Crippen LogP contribution in [0.3, 0.4) is 0 Å². The minimum absolute atomic E-state index is 0.417. The Kier molecular flexibility index (Phi) is 4.59. The van der Waals surface area contributed by atoms with E-state index in [2.05, 4.69) is 53.7 Å². The van der Waals surface area contributed by atoms with Crippen LogP contribution in [-0.4, -0.2) is 0 Å². The summed E-state index contributed by atoms with van der Waals surface area (Å²) in [4.78, 5) is 0. The van der Waals surface area contributed by atoms with E-state index in [-0.39, 0.29) is 0 Å². The van der Waals surface area contributed by atoms with Gasteiger partial charge >= 0.3 is 0 Å². The first-order chi connectivity index (χ1) is 5.38. The number of hydrogen-bond donors (Lipinski definition) is 0. The SMILES string of the molecule is CCC(/C=C/C(C)C)C(C)(C)C. The smallest absolute Gasteiger partial charge is 0.0187 e. The summed E-state index contributed by atoms with van der Waals surface area (Å²) in [5.41, 5.74) is 0.417. The molecule has 1 atom stereocenters. The first-order valence-corrected chi connectivity index (χ1v) is 5.06. The van der Waals surface area contributed by atoms with E-state index in [1.54, 1.807) is 0 Å². The molecule has 0 saturated carbocycles. The van der Waals surface area contributed by atoms with Crippen molar-refractivity contribution < 1.29 is 0 Å². The average Bonchev–Trinajstić information content (AvgIpc) is 1.85. The van der Waals surface area contributed by atoms with Crippen molar-refractivity contribution in [2.45, 2.75) is 48.0 Å². The van der Waals surface area contributed by atoms with E-state index in [1.165, 1.54) is 6.42 Å². The summed E-state index contributed by atoms with van der Waals surface area (Å²) < 4.78 is 0. The van der Waals surface area contributed by atoms with Gasteiger partial charge in [0, 0.05) is 0 Å². The van der Waals surface area contributed by atoms with Gasteiger partial charge in [-0.05, 0) is 23.7 Å². The Labute approximate surface area is 78.1 Å². The monoisotopic (exact) mass is 168 g/mol. The van der Waals surface area contributed by atoms with Crippen molar-refractivity contribution in [1.82, 2.24) is 0 Å². The van der Waals surface area contributed by atoms with Crippen LogP contribution in [-0.2, 0) is 0 Å². The summed E-state index contributed by atoms with van der Waals surface area (Å²) in [6.45, 7) is 13.7. The highest BCUT2D eigenvalue weighted by molar-refractivity contribution is 4.94. The molecule has 0 saturated heterocycles. The topological polar surface area (TPSA) is 0 Å². The number of hydrogen-bond acceptors (Lipinski definition) is 0. The fraction of sp³-hybridized carbons (Fsp3) is 0.833. The third-order valence-corrected chi connectivity index (χ3v) is 2.28. The van der Waals surface area contributed by atoms with Gasteiger partial charge in [0.1, 0.15) is 0 Å². The fourth-order valence-electron chi connectivity index (χ4n) is 1.39. The summed E-state index contributed by atoms with van der Waals surface area (Å²) in [5.74, 6) is 1.40. The Hall–Kier alpha value is -0.260. The van der Waals surface area contributed by atoms with Gasteiger partial charge in [-0.25, -0.2) is 0 Å². The minimum atomic E-state index is 0.417. The second-order valence-electron chi connectivity index (χ2n) is 5.01. The van der Waals surface area contributed by atoms with Crippen LogP contribution in [0.5, 0.6) is 0 Å². The summed E-state index contributed by atoms with van der Waals surface area (Å²) >= 11 is 0. The van der Waals surface area contributed by atoms with Gasteiger partial charge in [0.2, 0.25) is 0 Å². The third kappa shape index (κ3) is 4.58. The lowest BCUT2D eigenvalue weighted by molar-refractivity contribution is 0.285. The zero-order valence-corrected chi connectivity index (χ0v) is 9.52. The van der Waals surface area contributed by atoms with Crippen LogP contribution in [0.2, 0.25) is 0 Å². The van der Waals surface area contributed by atoms with Crippen LogP contribution in [0.4, 0.5) is 0 Å². The highest BCUT2D eigenvalue weighted by Gasteiger charge is 2.19. The Bertz CT molecular complexity index is 135. The van der Waals surface area contributed by atoms with Crippen molar-refractivity contribution in [3.8, 4) is 0 Å². The maximum Gasteiger partial charge on any atom is -0.0187 e. The standard InChI is InChI=1S/C12H24/c1-7-11(12(4,5)6)9-8-10(2)3/h8-11H,7H2,1-6H3/b9-8+. The van der Waals surface area contributed by atoms with Crippen LogP contribution in [0, 0.1) is 17.3 Å². The lowest BCUT2D eigenvalue weighted by Gasteiger charge is -2.27. The van der Waals surface area contributed by atoms with Crippen molar-refractivity contribution >= 4 is 0 Å². The van der Waals surface area contributed by atoms with Crippen molar-refractivity contribution in [2.24, 2.45) is 17.3 Å². The van der Waals surface area contributed by atoms with Gasteiger partial charge in [-0.15, -0.1) is 0 Å². The van der Waals surface area contributed by atoms with Crippen LogP contribution in [0.1, 0.15) is 48.0 Å². The van der Waals surface area contributed by atoms with Gasteiger partial charge in [-0.1, -0.05) is 53.7 Å². The molecule has 0 N–H and O–H groups in total. The zero-order valence-electron chi connectivity index (χ0n) is 9.52. The second-order valence-corrected chi connectivity index (χ2v) is 5.01. The van der Waals surface area contributed by atoms with Crippen LogP contribution in [0.15, 0.2) is 12.2 Å². The van der Waals surface area contributed by atoms with E-state index < -0.39 is 0 Å². The highest BCUT2D eigenvalue weighted by atomic mass is 14.2. The van der Waals surface area contributed by atoms with Crippen LogP contribution >= 0.6 is 0 Å². The first kappa shape index (κ1) is 11.7. The molecule has 0 fully saturated rings. The lowest BCUT2D eigenvalue weighted by atomic mass is 9.78. The average molecular weight is 168 g/mol. The molecule has 0 heterocycles. The molecule has 0 heteroatoms. The Morgan fingerprint density at radius 2 is 1.58 bits per heavy atom. The number of rotatable bonds is 3. The molecule has 0 spiro atoms. The van der Waals surface area contributed by atoms with Gasteiger partial charge in [0.25, 0.3) is 0 Å². The first-order valence-electron chi connectivity index (χ1n) is 5.06. The van der Waals surface area contributed by atoms with Crippen molar-refractivity contribution in [1.29, 1.82) is 0 Å². The molecule has 0 aromatic carbocycles. The van der Waals surface area contributed by atoms with E-state index in [1.807, 2.05) is 0 Å². The maximum absolute atomic E-state index is 2.38. The number of allylic oxidation sites excluding steroid dienone is 2. The quantitative estimate of drug-likeness (QED) is 0.552. The fourth-order valence-corrected chi connectivity index (χ4v) is 1.39. The molecule has 0 rings (SSSR count). The normalized spacial score (nSPS) is 15.9. The summed E-state index contributed by atoms with van der Waals surface area (Å²) in [6.07, 6.45) is 5.94. The second kappa shape index (κ2) is 4.69. The van der Waals surface area contributed by atoms with Crippen LogP contribution in [0.25, 0.3) is 0 Å². The molecule has 72 valence electrons. The van der Waals surface area contributed by atoms with Gasteiger partial charge < -0.3 is 0 Å². The van der Waals surface area contributed by atoms with Crippen molar-refractivity contribution in [3.05, 3.63) is 12.2 Å². The molecule has 0 bridgehead atoms. The highest BCUT2D eigenvalue weighted by Crippen LogP contribution is 2.29. The molecule has 12 heavy (non-hydrogen) atoms. The molecule has 0 aliphatic carbocycles. The maximum atomic E-state index is 2.38. The molecule has 0 nitrogen and oxygen atoms in total. The van der Waals surface area contributed by atoms with Gasteiger partial charge in [-0.2, -0.15) is 0 Å². The molecule has 0 aliphatic heterocycles. The van der Waals surface area contributed by atoms with E-state index in [4.69, 9.17) is 0 Å². The molecule has 0 radical (unpaired) electrons. The summed E-state index contributed by atoms with van der Waals surface area (Å²) in [5, 5.41) is 0. The third-order valence-electron chi connectivity index (χ3n) is 2.28. The van der Waals surface area contributed by atoms with Crippen molar-refractivity contribution in [2.75, 3.05) is 0 Å². The van der Waals surface area contributed by atoms with Gasteiger partial charge in [0.15, 0.2) is 0 Å². The molecule has 0 aromatic rings. The van der Waals surface area contributed by atoms with E-state index in [0.717, 1.165) is 5.92 Å². The molecule has 0 aromatic heterocycles. The molecule has 0 amide bonds.